The van der Waals surface area contributed by atoms with Crippen molar-refractivity contribution in [3.63, 3.8) is 0 Å². The van der Waals surface area contributed by atoms with Crippen LogP contribution in [0.25, 0.3) is 0 Å². The van der Waals surface area contributed by atoms with Gasteiger partial charge in [0.2, 0.25) is 11.0 Å². The first-order chi connectivity index (χ1) is 10.6. The van der Waals surface area contributed by atoms with Crippen molar-refractivity contribution in [2.24, 2.45) is 5.92 Å². The minimum absolute atomic E-state index is 0.0189. The topological polar surface area (TPSA) is 58.6 Å². The van der Waals surface area contributed by atoms with Crippen molar-refractivity contribution >= 4 is 22.4 Å². The minimum Gasteiger partial charge on any atom is -0.371 e. The number of carbonyl (C=O) groups is 1. The normalized spacial score (nSPS) is 27.5. The van der Waals surface area contributed by atoms with Crippen LogP contribution < -0.4 is 4.90 Å². The molecule has 0 aliphatic carbocycles. The Morgan fingerprint density at radius 3 is 2.86 bits per heavy atom. The van der Waals surface area contributed by atoms with Crippen molar-refractivity contribution in [1.29, 1.82) is 0 Å². The van der Waals surface area contributed by atoms with Gasteiger partial charge in [0, 0.05) is 25.4 Å². The van der Waals surface area contributed by atoms with Crippen LogP contribution in [0.2, 0.25) is 0 Å². The molecule has 1 atom stereocenters. The molecular formula is C15H22N4O2S. The van der Waals surface area contributed by atoms with Crippen molar-refractivity contribution in [3.8, 4) is 0 Å². The molecule has 0 saturated carbocycles. The van der Waals surface area contributed by atoms with Gasteiger partial charge in [0.1, 0.15) is 10.6 Å². The van der Waals surface area contributed by atoms with Gasteiger partial charge in [-0.3, -0.25) is 4.79 Å². The molecule has 1 aromatic rings. The maximum absolute atomic E-state index is 11.7. The average Bonchev–Trinajstić information content (AvgIpc) is 3.07. The average molecular weight is 322 g/mol. The summed E-state index contributed by atoms with van der Waals surface area (Å²) in [4.78, 5) is 16.0. The van der Waals surface area contributed by atoms with E-state index in [0.717, 1.165) is 68.6 Å². The summed E-state index contributed by atoms with van der Waals surface area (Å²) in [6.07, 6.45) is 4.00. The van der Waals surface area contributed by atoms with Crippen molar-refractivity contribution in [3.05, 3.63) is 5.01 Å². The van der Waals surface area contributed by atoms with Crippen LogP contribution in [0.4, 0.5) is 5.13 Å². The summed E-state index contributed by atoms with van der Waals surface area (Å²) in [5.74, 6) is 0.826. The van der Waals surface area contributed by atoms with E-state index < -0.39 is 0 Å². The van der Waals surface area contributed by atoms with E-state index in [1.54, 1.807) is 11.3 Å². The maximum Gasteiger partial charge on any atom is 0.222 e. The molecule has 0 bridgehead atoms. The molecule has 22 heavy (non-hydrogen) atoms. The molecule has 3 aliphatic heterocycles. The molecule has 1 amide bonds. The van der Waals surface area contributed by atoms with Gasteiger partial charge in [0.05, 0.1) is 19.7 Å². The van der Waals surface area contributed by atoms with Gasteiger partial charge in [-0.25, -0.2) is 0 Å². The number of amides is 1. The quantitative estimate of drug-likeness (QED) is 0.843. The summed E-state index contributed by atoms with van der Waals surface area (Å²) < 4.78 is 6.19. The molecule has 6 nitrogen and oxygen atoms in total. The predicted molar refractivity (Wildman–Crippen MR) is 84.1 cm³/mol. The third kappa shape index (κ3) is 2.60. The second-order valence-corrected chi connectivity index (χ2v) is 7.96. The highest BCUT2D eigenvalue weighted by atomic mass is 32.1. The summed E-state index contributed by atoms with van der Waals surface area (Å²) in [5.41, 5.74) is 0.0189. The molecule has 4 heterocycles. The Morgan fingerprint density at radius 1 is 1.41 bits per heavy atom. The number of rotatable bonds is 3. The number of carbonyl (C=O) groups excluding carboxylic acids is 1. The van der Waals surface area contributed by atoms with E-state index in [0.29, 0.717) is 11.8 Å². The van der Waals surface area contributed by atoms with Crippen LogP contribution in [0, 0.1) is 12.8 Å². The van der Waals surface area contributed by atoms with Crippen LogP contribution in [-0.2, 0) is 9.53 Å². The third-order valence-corrected chi connectivity index (χ3v) is 5.93. The van der Waals surface area contributed by atoms with E-state index in [9.17, 15) is 4.79 Å². The number of likely N-dealkylation sites (tertiary alicyclic amines) is 1. The van der Waals surface area contributed by atoms with Gasteiger partial charge in [-0.2, -0.15) is 0 Å². The monoisotopic (exact) mass is 322 g/mol. The Bertz CT molecular complexity index is 560. The van der Waals surface area contributed by atoms with Gasteiger partial charge in [-0.15, -0.1) is 10.2 Å². The molecule has 1 unspecified atom stereocenters. The number of aryl methyl sites for hydroxylation is 1. The zero-order valence-electron chi connectivity index (χ0n) is 13.0. The van der Waals surface area contributed by atoms with Crippen LogP contribution in [-0.4, -0.2) is 59.4 Å². The summed E-state index contributed by atoms with van der Waals surface area (Å²) in [6.45, 7) is 6.44. The van der Waals surface area contributed by atoms with E-state index in [-0.39, 0.29) is 5.60 Å². The van der Waals surface area contributed by atoms with Crippen LogP contribution in [0.3, 0.4) is 0 Å². The number of hydrogen-bond donors (Lipinski definition) is 0. The molecule has 4 rings (SSSR count). The van der Waals surface area contributed by atoms with E-state index in [1.165, 1.54) is 0 Å². The van der Waals surface area contributed by atoms with Crippen LogP contribution in [0.5, 0.6) is 0 Å². The minimum atomic E-state index is 0.0189. The number of aromatic nitrogens is 2. The van der Waals surface area contributed by atoms with Crippen molar-refractivity contribution in [1.82, 2.24) is 15.1 Å². The van der Waals surface area contributed by atoms with Crippen LogP contribution in [0.1, 0.15) is 30.7 Å². The van der Waals surface area contributed by atoms with E-state index in [4.69, 9.17) is 4.74 Å². The van der Waals surface area contributed by atoms with Crippen LogP contribution >= 0.6 is 11.3 Å². The fraction of sp³-hybridized carbons (Fsp3) is 0.800. The maximum atomic E-state index is 11.7. The number of nitrogens with zero attached hydrogens (tertiary/aromatic N) is 4. The summed E-state index contributed by atoms with van der Waals surface area (Å²) >= 11 is 1.65. The lowest BCUT2D eigenvalue weighted by molar-refractivity contribution is -0.134. The summed E-state index contributed by atoms with van der Waals surface area (Å²) in [6, 6.07) is 0. The Morgan fingerprint density at radius 2 is 2.27 bits per heavy atom. The predicted octanol–water partition coefficient (Wildman–Crippen LogP) is 1.45. The molecule has 0 radical (unpaired) electrons. The number of anilines is 1. The van der Waals surface area contributed by atoms with Crippen molar-refractivity contribution < 1.29 is 9.53 Å². The summed E-state index contributed by atoms with van der Waals surface area (Å²) in [7, 11) is 0. The van der Waals surface area contributed by atoms with E-state index in [1.807, 2.05) is 11.8 Å². The molecule has 0 aromatic carbocycles. The van der Waals surface area contributed by atoms with Gasteiger partial charge >= 0.3 is 0 Å². The molecule has 0 N–H and O–H groups in total. The Balaban J connectivity index is 1.27. The lowest BCUT2D eigenvalue weighted by Crippen LogP contribution is -2.65. The largest absolute Gasteiger partial charge is 0.371 e. The molecule has 3 saturated heterocycles. The fourth-order valence-corrected chi connectivity index (χ4v) is 4.40. The smallest absolute Gasteiger partial charge is 0.222 e. The van der Waals surface area contributed by atoms with Crippen molar-refractivity contribution in [2.75, 3.05) is 37.7 Å². The lowest BCUT2D eigenvalue weighted by atomic mass is 9.83. The Hall–Kier alpha value is -1.21. The molecule has 1 spiro atoms. The fourth-order valence-electron chi connectivity index (χ4n) is 3.72. The van der Waals surface area contributed by atoms with Crippen LogP contribution in [0.15, 0.2) is 0 Å². The standard InChI is InChI=1S/C15H22N4O2S/c1-11-16-17-14(22-11)19-9-15(10-19)5-4-12(8-21-15)7-18-6-2-3-13(18)20/h12H,2-10H2,1H3. The Kier molecular flexibility index (Phi) is 3.57. The molecule has 3 aliphatic rings. The van der Waals surface area contributed by atoms with E-state index in [2.05, 4.69) is 15.1 Å². The van der Waals surface area contributed by atoms with Crippen molar-refractivity contribution in [2.45, 2.75) is 38.2 Å². The molecular weight excluding hydrogens is 300 g/mol. The van der Waals surface area contributed by atoms with Gasteiger partial charge in [0.15, 0.2) is 0 Å². The highest BCUT2D eigenvalue weighted by molar-refractivity contribution is 7.15. The second kappa shape index (κ2) is 5.45. The first-order valence-electron chi connectivity index (χ1n) is 8.10. The zero-order valence-corrected chi connectivity index (χ0v) is 13.8. The first-order valence-corrected chi connectivity index (χ1v) is 8.92. The number of ether oxygens (including phenoxy) is 1. The van der Waals surface area contributed by atoms with Gasteiger partial charge in [0.25, 0.3) is 0 Å². The van der Waals surface area contributed by atoms with E-state index >= 15 is 0 Å². The Labute approximate surface area is 134 Å². The third-order valence-electron chi connectivity index (χ3n) is 5.03. The highest BCUT2D eigenvalue weighted by Gasteiger charge is 2.48. The summed E-state index contributed by atoms with van der Waals surface area (Å²) in [5, 5.41) is 10.3. The van der Waals surface area contributed by atoms with Gasteiger partial charge < -0.3 is 14.5 Å². The molecule has 1 aromatic heterocycles. The zero-order chi connectivity index (χ0) is 15.2. The second-order valence-electron chi connectivity index (χ2n) is 6.80. The highest BCUT2D eigenvalue weighted by Crippen LogP contribution is 2.39. The lowest BCUT2D eigenvalue weighted by Gasteiger charge is -2.52. The first kappa shape index (κ1) is 14.4. The number of hydrogen-bond acceptors (Lipinski definition) is 6. The molecule has 3 fully saturated rings. The molecule has 7 heteroatoms. The molecule has 120 valence electrons. The van der Waals surface area contributed by atoms with Gasteiger partial charge in [-0.05, 0) is 26.2 Å². The SMILES string of the molecule is Cc1nnc(N2CC3(CCC(CN4CCCC4=O)CO3)C2)s1. The van der Waals surface area contributed by atoms with Gasteiger partial charge in [-0.1, -0.05) is 11.3 Å².